The summed E-state index contributed by atoms with van der Waals surface area (Å²) in [5, 5.41) is 11.5. The molecule has 1 aliphatic heterocycles. The standard InChI is InChI=1S/C10H16N2O6/c1-17-9(15)7-3-6(13)4-12(7)5-8(14)11-10(16)18-2/h6-7,13H,3-5H2,1-2H3,(H,11,14,16). The molecule has 1 rings (SSSR count). The van der Waals surface area contributed by atoms with E-state index in [-0.39, 0.29) is 19.5 Å². The van der Waals surface area contributed by atoms with E-state index >= 15 is 0 Å². The van der Waals surface area contributed by atoms with Crippen LogP contribution in [0.3, 0.4) is 0 Å². The molecule has 2 unspecified atom stereocenters. The predicted molar refractivity (Wildman–Crippen MR) is 58.5 cm³/mol. The Hall–Kier alpha value is -1.67. The number of alkyl carbamates (subject to hydrolysis) is 1. The number of esters is 1. The molecule has 2 amide bonds. The van der Waals surface area contributed by atoms with Gasteiger partial charge in [0.2, 0.25) is 5.91 Å². The Kier molecular flexibility index (Phi) is 5.05. The topological polar surface area (TPSA) is 105 Å². The van der Waals surface area contributed by atoms with Crippen molar-refractivity contribution in [2.75, 3.05) is 27.3 Å². The quantitative estimate of drug-likeness (QED) is 0.593. The first kappa shape index (κ1) is 14.4. The zero-order chi connectivity index (χ0) is 13.7. The van der Waals surface area contributed by atoms with Gasteiger partial charge in [-0.25, -0.2) is 4.79 Å². The highest BCUT2D eigenvalue weighted by molar-refractivity contribution is 5.93. The van der Waals surface area contributed by atoms with E-state index < -0.39 is 30.1 Å². The first-order chi connectivity index (χ1) is 8.47. The normalized spacial score (nSPS) is 23.5. The number of imide groups is 1. The van der Waals surface area contributed by atoms with Gasteiger partial charge < -0.3 is 14.6 Å². The van der Waals surface area contributed by atoms with Gasteiger partial charge in [0, 0.05) is 13.0 Å². The fourth-order valence-corrected chi connectivity index (χ4v) is 1.82. The number of rotatable bonds is 3. The van der Waals surface area contributed by atoms with E-state index in [2.05, 4.69) is 9.47 Å². The van der Waals surface area contributed by atoms with E-state index in [0.29, 0.717) is 0 Å². The molecule has 0 aliphatic carbocycles. The molecule has 0 saturated carbocycles. The van der Waals surface area contributed by atoms with Gasteiger partial charge in [-0.2, -0.15) is 0 Å². The monoisotopic (exact) mass is 260 g/mol. The molecule has 0 aromatic carbocycles. The van der Waals surface area contributed by atoms with Crippen molar-refractivity contribution in [3.05, 3.63) is 0 Å². The van der Waals surface area contributed by atoms with Crippen molar-refractivity contribution in [2.24, 2.45) is 0 Å². The van der Waals surface area contributed by atoms with Crippen molar-refractivity contribution in [3.8, 4) is 0 Å². The number of nitrogens with zero attached hydrogens (tertiary/aromatic N) is 1. The second-order valence-corrected chi connectivity index (χ2v) is 3.90. The molecule has 1 heterocycles. The predicted octanol–water partition coefficient (Wildman–Crippen LogP) is -1.52. The summed E-state index contributed by atoms with van der Waals surface area (Å²) in [5.41, 5.74) is 0. The first-order valence-electron chi connectivity index (χ1n) is 5.35. The second-order valence-electron chi connectivity index (χ2n) is 3.90. The summed E-state index contributed by atoms with van der Waals surface area (Å²) < 4.78 is 8.85. The average molecular weight is 260 g/mol. The fraction of sp³-hybridized carbons (Fsp3) is 0.700. The minimum atomic E-state index is -0.866. The van der Waals surface area contributed by atoms with Crippen LogP contribution in [0.25, 0.3) is 0 Å². The minimum Gasteiger partial charge on any atom is -0.468 e. The van der Waals surface area contributed by atoms with Gasteiger partial charge in [0.25, 0.3) is 0 Å². The van der Waals surface area contributed by atoms with Gasteiger partial charge in [0.05, 0.1) is 26.9 Å². The van der Waals surface area contributed by atoms with E-state index in [4.69, 9.17) is 0 Å². The third-order valence-corrected chi connectivity index (χ3v) is 2.63. The SMILES string of the molecule is COC(=O)NC(=O)CN1CC(O)CC1C(=O)OC. The van der Waals surface area contributed by atoms with Crippen molar-refractivity contribution in [3.63, 3.8) is 0 Å². The molecule has 1 fully saturated rings. The molecule has 0 spiro atoms. The number of aliphatic hydroxyl groups is 1. The molecule has 102 valence electrons. The van der Waals surface area contributed by atoms with E-state index in [1.807, 2.05) is 5.32 Å². The van der Waals surface area contributed by atoms with Crippen LogP contribution in [0.5, 0.6) is 0 Å². The lowest BCUT2D eigenvalue weighted by atomic mass is 10.2. The zero-order valence-corrected chi connectivity index (χ0v) is 10.2. The molecule has 2 atom stereocenters. The molecule has 1 saturated heterocycles. The molecule has 2 N–H and O–H groups in total. The van der Waals surface area contributed by atoms with Gasteiger partial charge in [0.1, 0.15) is 6.04 Å². The molecule has 0 aromatic heterocycles. The highest BCUT2D eigenvalue weighted by Gasteiger charge is 2.37. The Morgan fingerprint density at radius 2 is 2.00 bits per heavy atom. The van der Waals surface area contributed by atoms with Crippen LogP contribution < -0.4 is 5.32 Å². The number of amides is 2. The highest BCUT2D eigenvalue weighted by atomic mass is 16.5. The maximum absolute atomic E-state index is 11.4. The average Bonchev–Trinajstić information content (AvgIpc) is 2.68. The van der Waals surface area contributed by atoms with E-state index in [1.165, 1.54) is 12.0 Å². The summed E-state index contributed by atoms with van der Waals surface area (Å²) in [4.78, 5) is 35.1. The van der Waals surface area contributed by atoms with Crippen LogP contribution in [-0.4, -0.2) is 67.4 Å². The van der Waals surface area contributed by atoms with E-state index in [1.54, 1.807) is 0 Å². The van der Waals surface area contributed by atoms with Gasteiger partial charge in [-0.05, 0) is 0 Å². The number of methoxy groups -OCH3 is 2. The fourth-order valence-electron chi connectivity index (χ4n) is 1.82. The van der Waals surface area contributed by atoms with Gasteiger partial charge in [-0.1, -0.05) is 0 Å². The number of carbonyl (C=O) groups is 3. The van der Waals surface area contributed by atoms with E-state index in [0.717, 1.165) is 7.11 Å². The van der Waals surface area contributed by atoms with Crippen LogP contribution in [0.1, 0.15) is 6.42 Å². The molecule has 1 aliphatic rings. The number of carbonyl (C=O) groups excluding carboxylic acids is 3. The number of hydrogen-bond acceptors (Lipinski definition) is 7. The Bertz CT molecular complexity index is 345. The summed E-state index contributed by atoms with van der Waals surface area (Å²) in [6.07, 6.45) is -1.35. The molecule has 0 radical (unpaired) electrons. The van der Waals surface area contributed by atoms with Crippen molar-refractivity contribution in [1.29, 1.82) is 0 Å². The van der Waals surface area contributed by atoms with Crippen LogP contribution in [0, 0.1) is 0 Å². The van der Waals surface area contributed by atoms with Gasteiger partial charge in [-0.15, -0.1) is 0 Å². The molecule has 18 heavy (non-hydrogen) atoms. The number of hydrogen-bond donors (Lipinski definition) is 2. The van der Waals surface area contributed by atoms with Crippen molar-refractivity contribution >= 4 is 18.0 Å². The third-order valence-electron chi connectivity index (χ3n) is 2.63. The van der Waals surface area contributed by atoms with Crippen LogP contribution in [0.2, 0.25) is 0 Å². The molecular weight excluding hydrogens is 244 g/mol. The summed E-state index contributed by atoms with van der Waals surface area (Å²) in [5.74, 6) is -1.12. The Morgan fingerprint density at radius 3 is 2.56 bits per heavy atom. The molecule has 0 bridgehead atoms. The number of nitrogens with one attached hydrogen (secondary N) is 1. The lowest BCUT2D eigenvalue weighted by molar-refractivity contribution is -0.146. The van der Waals surface area contributed by atoms with Crippen LogP contribution in [0.15, 0.2) is 0 Å². The maximum Gasteiger partial charge on any atom is 0.413 e. The summed E-state index contributed by atoms with van der Waals surface area (Å²) in [6.45, 7) is -0.0136. The number of ether oxygens (including phenoxy) is 2. The van der Waals surface area contributed by atoms with Crippen LogP contribution in [-0.2, 0) is 19.1 Å². The maximum atomic E-state index is 11.4. The molecule has 0 aromatic rings. The highest BCUT2D eigenvalue weighted by Crippen LogP contribution is 2.18. The zero-order valence-electron chi connectivity index (χ0n) is 10.2. The van der Waals surface area contributed by atoms with Crippen molar-refractivity contribution in [1.82, 2.24) is 10.2 Å². The summed E-state index contributed by atoms with van der Waals surface area (Å²) in [7, 11) is 2.37. The number of β-amino-alcohol motifs (C(OH)–C–C–N with tert-alkyl or cyclic N) is 1. The van der Waals surface area contributed by atoms with Gasteiger partial charge in [0.15, 0.2) is 0 Å². The van der Waals surface area contributed by atoms with Crippen molar-refractivity contribution in [2.45, 2.75) is 18.6 Å². The van der Waals surface area contributed by atoms with Crippen LogP contribution in [0.4, 0.5) is 4.79 Å². The lowest BCUT2D eigenvalue weighted by Crippen LogP contribution is -2.44. The lowest BCUT2D eigenvalue weighted by Gasteiger charge is -2.20. The van der Waals surface area contributed by atoms with E-state index in [9.17, 15) is 19.5 Å². The summed E-state index contributed by atoms with van der Waals surface area (Å²) >= 11 is 0. The number of aliphatic hydroxyl groups excluding tert-OH is 1. The first-order valence-corrected chi connectivity index (χ1v) is 5.35. The van der Waals surface area contributed by atoms with Crippen molar-refractivity contribution < 1.29 is 29.0 Å². The van der Waals surface area contributed by atoms with Gasteiger partial charge in [-0.3, -0.25) is 19.8 Å². The Balaban J connectivity index is 2.56. The molecular formula is C10H16N2O6. The van der Waals surface area contributed by atoms with Gasteiger partial charge >= 0.3 is 12.1 Å². The number of likely N-dealkylation sites (tertiary alicyclic amines) is 1. The Morgan fingerprint density at radius 1 is 1.33 bits per heavy atom. The third kappa shape index (κ3) is 3.67. The summed E-state index contributed by atoms with van der Waals surface area (Å²) in [6, 6.07) is -0.673. The smallest absolute Gasteiger partial charge is 0.413 e. The second kappa shape index (κ2) is 6.31. The van der Waals surface area contributed by atoms with Crippen LogP contribution >= 0.6 is 0 Å². The largest absolute Gasteiger partial charge is 0.468 e. The Labute approximate surface area is 104 Å². The minimum absolute atomic E-state index is 0.175. The molecule has 8 nitrogen and oxygen atoms in total. The molecule has 8 heteroatoms.